The molecule has 0 aromatic heterocycles. The molecule has 0 spiro atoms. The van der Waals surface area contributed by atoms with Crippen LogP contribution < -0.4 is 5.32 Å². The first kappa shape index (κ1) is 14.5. The van der Waals surface area contributed by atoms with Gasteiger partial charge in [0.2, 0.25) is 0 Å². The van der Waals surface area contributed by atoms with E-state index in [1.807, 2.05) is 36.4 Å². The van der Waals surface area contributed by atoms with Gasteiger partial charge in [-0.3, -0.25) is 9.59 Å². The highest BCUT2D eigenvalue weighted by Gasteiger charge is 2.38. The number of amides is 1. The summed E-state index contributed by atoms with van der Waals surface area (Å²) < 4.78 is 5.31. The summed E-state index contributed by atoms with van der Waals surface area (Å²) in [5.74, 6) is -1.20. The molecule has 22 heavy (non-hydrogen) atoms. The first-order chi connectivity index (χ1) is 10.6. The monoisotopic (exact) mass is 299 g/mol. The Bertz CT molecular complexity index is 714. The number of rotatable bonds is 4. The maximum Gasteiger partial charge on any atom is 0.305 e. The first-order valence-electron chi connectivity index (χ1n) is 7.19. The van der Waals surface area contributed by atoms with Gasteiger partial charge >= 0.3 is 5.97 Å². The largest absolute Gasteiger partial charge is 0.481 e. The predicted octanol–water partition coefficient (Wildman–Crippen LogP) is 2.20. The topological polar surface area (TPSA) is 75.6 Å². The number of nitrogens with one attached hydrogen (secondary N) is 1. The van der Waals surface area contributed by atoms with Gasteiger partial charge in [0.05, 0.1) is 18.6 Å². The highest BCUT2D eigenvalue weighted by molar-refractivity contribution is 6.07. The van der Waals surface area contributed by atoms with Crippen LogP contribution in [0.15, 0.2) is 42.5 Å². The van der Waals surface area contributed by atoms with E-state index in [4.69, 9.17) is 9.84 Å². The van der Waals surface area contributed by atoms with E-state index in [9.17, 15) is 9.59 Å². The van der Waals surface area contributed by atoms with E-state index in [1.165, 1.54) is 0 Å². The molecule has 1 amide bonds. The highest BCUT2D eigenvalue weighted by Crippen LogP contribution is 2.25. The van der Waals surface area contributed by atoms with Gasteiger partial charge in [-0.2, -0.15) is 0 Å². The van der Waals surface area contributed by atoms with Gasteiger partial charge in [-0.05, 0) is 23.3 Å². The average molecular weight is 299 g/mol. The SMILES string of the molecule is O=C(O)CC1(NC(=O)c2cccc3ccccc23)CCOC1. The van der Waals surface area contributed by atoms with Crippen molar-refractivity contribution < 1.29 is 19.4 Å². The fraction of sp³-hybridized carbons (Fsp3) is 0.294. The Hall–Kier alpha value is -2.40. The molecule has 2 aromatic carbocycles. The van der Waals surface area contributed by atoms with Gasteiger partial charge in [0.25, 0.3) is 5.91 Å². The second-order valence-corrected chi connectivity index (χ2v) is 5.63. The zero-order valence-electron chi connectivity index (χ0n) is 12.0. The lowest BCUT2D eigenvalue weighted by Crippen LogP contribution is -2.50. The molecule has 1 aliphatic heterocycles. The zero-order chi connectivity index (χ0) is 15.6. The lowest BCUT2D eigenvalue weighted by Gasteiger charge is -2.27. The number of hydrogen-bond acceptors (Lipinski definition) is 3. The van der Waals surface area contributed by atoms with Crippen LogP contribution in [-0.4, -0.2) is 35.7 Å². The van der Waals surface area contributed by atoms with Crippen molar-refractivity contribution in [3.63, 3.8) is 0 Å². The maximum absolute atomic E-state index is 12.6. The summed E-state index contributed by atoms with van der Waals surface area (Å²) in [6.45, 7) is 0.693. The molecule has 1 atom stereocenters. The number of benzene rings is 2. The summed E-state index contributed by atoms with van der Waals surface area (Å²) in [7, 11) is 0. The van der Waals surface area contributed by atoms with Crippen LogP contribution in [0.4, 0.5) is 0 Å². The molecular formula is C17H17NO4. The number of carboxylic acid groups (broad SMARTS) is 1. The molecule has 1 unspecified atom stereocenters. The van der Waals surface area contributed by atoms with E-state index in [-0.39, 0.29) is 18.9 Å². The number of carbonyl (C=O) groups excluding carboxylic acids is 1. The Balaban J connectivity index is 1.91. The number of ether oxygens (including phenoxy) is 1. The van der Waals surface area contributed by atoms with Crippen LogP contribution >= 0.6 is 0 Å². The standard InChI is InChI=1S/C17H17NO4/c19-15(20)10-17(8-9-22-11-17)18-16(21)14-7-3-5-12-4-1-2-6-13(12)14/h1-7H,8-11H2,(H,18,21)(H,19,20). The second kappa shape index (κ2) is 5.77. The molecule has 3 rings (SSSR count). The van der Waals surface area contributed by atoms with Crippen molar-refractivity contribution in [1.82, 2.24) is 5.32 Å². The molecule has 2 aromatic rings. The third-order valence-electron chi connectivity index (χ3n) is 4.01. The zero-order valence-corrected chi connectivity index (χ0v) is 12.0. The molecule has 1 saturated heterocycles. The van der Waals surface area contributed by atoms with Crippen LogP contribution in [0, 0.1) is 0 Å². The van der Waals surface area contributed by atoms with Crippen LogP contribution in [0.1, 0.15) is 23.2 Å². The summed E-state index contributed by atoms with van der Waals surface area (Å²) in [6, 6.07) is 13.1. The van der Waals surface area contributed by atoms with Crippen molar-refractivity contribution in [3.8, 4) is 0 Å². The van der Waals surface area contributed by atoms with Crippen molar-refractivity contribution in [3.05, 3.63) is 48.0 Å². The summed E-state index contributed by atoms with van der Waals surface area (Å²) in [6.07, 6.45) is 0.374. The summed E-state index contributed by atoms with van der Waals surface area (Å²) in [4.78, 5) is 23.7. The van der Waals surface area contributed by atoms with Gasteiger partial charge in [0, 0.05) is 12.2 Å². The molecule has 1 heterocycles. The average Bonchev–Trinajstić information content (AvgIpc) is 2.93. The quantitative estimate of drug-likeness (QED) is 0.907. The number of hydrogen-bond donors (Lipinski definition) is 2. The van der Waals surface area contributed by atoms with Crippen molar-refractivity contribution in [2.24, 2.45) is 0 Å². The van der Waals surface area contributed by atoms with Gasteiger partial charge < -0.3 is 15.2 Å². The predicted molar refractivity (Wildman–Crippen MR) is 81.8 cm³/mol. The van der Waals surface area contributed by atoms with Crippen LogP contribution in [0.25, 0.3) is 10.8 Å². The normalized spacial score (nSPS) is 20.9. The van der Waals surface area contributed by atoms with Gasteiger partial charge in [0.1, 0.15) is 0 Å². The Morgan fingerprint density at radius 1 is 1.18 bits per heavy atom. The first-order valence-corrected chi connectivity index (χ1v) is 7.19. The Kier molecular flexibility index (Phi) is 3.81. The molecule has 5 heteroatoms. The van der Waals surface area contributed by atoms with E-state index in [0.29, 0.717) is 18.6 Å². The molecule has 0 radical (unpaired) electrons. The number of carbonyl (C=O) groups is 2. The van der Waals surface area contributed by atoms with Gasteiger partial charge in [-0.25, -0.2) is 0 Å². The highest BCUT2D eigenvalue weighted by atomic mass is 16.5. The number of carboxylic acids is 1. The summed E-state index contributed by atoms with van der Waals surface area (Å²) in [5, 5.41) is 13.8. The summed E-state index contributed by atoms with van der Waals surface area (Å²) >= 11 is 0. The molecule has 2 N–H and O–H groups in total. The minimum atomic E-state index is -0.941. The fourth-order valence-corrected chi connectivity index (χ4v) is 2.91. The smallest absolute Gasteiger partial charge is 0.305 e. The molecule has 0 saturated carbocycles. The van der Waals surface area contributed by atoms with Crippen LogP contribution in [0.2, 0.25) is 0 Å². The maximum atomic E-state index is 12.6. The van der Waals surface area contributed by atoms with Gasteiger partial charge in [0.15, 0.2) is 0 Å². The molecule has 5 nitrogen and oxygen atoms in total. The Morgan fingerprint density at radius 2 is 1.95 bits per heavy atom. The lowest BCUT2D eigenvalue weighted by atomic mass is 9.93. The molecular weight excluding hydrogens is 282 g/mol. The Morgan fingerprint density at radius 3 is 2.68 bits per heavy atom. The number of fused-ring (bicyclic) bond motifs is 1. The summed E-state index contributed by atoms with van der Waals surface area (Å²) in [5.41, 5.74) is -0.269. The van der Waals surface area contributed by atoms with Crippen molar-refractivity contribution >= 4 is 22.6 Å². The van der Waals surface area contributed by atoms with E-state index >= 15 is 0 Å². The van der Waals surface area contributed by atoms with Crippen LogP contribution in [0.3, 0.4) is 0 Å². The van der Waals surface area contributed by atoms with E-state index in [2.05, 4.69) is 5.32 Å². The second-order valence-electron chi connectivity index (χ2n) is 5.63. The third-order valence-corrected chi connectivity index (χ3v) is 4.01. The van der Waals surface area contributed by atoms with Crippen molar-refractivity contribution in [2.45, 2.75) is 18.4 Å². The molecule has 0 bridgehead atoms. The molecule has 114 valence electrons. The molecule has 1 aliphatic rings. The fourth-order valence-electron chi connectivity index (χ4n) is 2.91. The number of aliphatic carboxylic acids is 1. The van der Waals surface area contributed by atoms with Gasteiger partial charge in [-0.1, -0.05) is 36.4 Å². The van der Waals surface area contributed by atoms with E-state index in [0.717, 1.165) is 10.8 Å². The molecule has 1 fully saturated rings. The minimum Gasteiger partial charge on any atom is -0.481 e. The molecule has 0 aliphatic carbocycles. The third kappa shape index (κ3) is 2.80. The Labute approximate surface area is 127 Å². The van der Waals surface area contributed by atoms with Crippen LogP contribution in [-0.2, 0) is 9.53 Å². The lowest BCUT2D eigenvalue weighted by molar-refractivity contribution is -0.138. The van der Waals surface area contributed by atoms with E-state index < -0.39 is 11.5 Å². The van der Waals surface area contributed by atoms with Crippen molar-refractivity contribution in [2.75, 3.05) is 13.2 Å². The van der Waals surface area contributed by atoms with E-state index in [1.54, 1.807) is 6.07 Å². The van der Waals surface area contributed by atoms with Crippen molar-refractivity contribution in [1.29, 1.82) is 0 Å². The van der Waals surface area contributed by atoms with Crippen LogP contribution in [0.5, 0.6) is 0 Å². The van der Waals surface area contributed by atoms with Gasteiger partial charge in [-0.15, -0.1) is 0 Å². The minimum absolute atomic E-state index is 0.135.